The Morgan fingerprint density at radius 3 is 2.62 bits per heavy atom. The second kappa shape index (κ2) is 5.01. The number of amides is 1. The maximum atomic E-state index is 11.4. The average molecular weight is 219 g/mol. The van der Waals surface area contributed by atoms with Crippen molar-refractivity contribution in [2.75, 3.05) is 20.2 Å². The van der Waals surface area contributed by atoms with Crippen molar-refractivity contribution in [2.45, 2.75) is 19.3 Å². The number of nitrogens with zero attached hydrogens (tertiary/aromatic N) is 1. The Kier molecular flexibility index (Phi) is 3.44. The lowest BCUT2D eigenvalue weighted by atomic mass is 10.1. The Morgan fingerprint density at radius 1 is 1.31 bits per heavy atom. The molecule has 1 aliphatic rings. The van der Waals surface area contributed by atoms with Gasteiger partial charge in [0.2, 0.25) is 5.91 Å². The van der Waals surface area contributed by atoms with Crippen molar-refractivity contribution in [3.8, 4) is 5.75 Å². The van der Waals surface area contributed by atoms with Gasteiger partial charge < -0.3 is 9.64 Å². The maximum absolute atomic E-state index is 11.4. The highest BCUT2D eigenvalue weighted by molar-refractivity contribution is 5.78. The fraction of sp³-hybridized carbons (Fsp3) is 0.462. The zero-order chi connectivity index (χ0) is 11.4. The first-order valence-electron chi connectivity index (χ1n) is 5.70. The monoisotopic (exact) mass is 219 g/mol. The zero-order valence-electron chi connectivity index (χ0n) is 9.61. The first-order chi connectivity index (χ1) is 7.79. The number of ether oxygens (including phenoxy) is 1. The van der Waals surface area contributed by atoms with E-state index in [4.69, 9.17) is 4.74 Å². The van der Waals surface area contributed by atoms with Gasteiger partial charge in [0.15, 0.2) is 0 Å². The van der Waals surface area contributed by atoms with Crippen molar-refractivity contribution in [1.82, 2.24) is 4.90 Å². The van der Waals surface area contributed by atoms with Crippen molar-refractivity contribution in [2.24, 2.45) is 0 Å². The third kappa shape index (κ3) is 2.54. The van der Waals surface area contributed by atoms with Gasteiger partial charge >= 0.3 is 0 Å². The van der Waals surface area contributed by atoms with E-state index in [0.717, 1.165) is 38.1 Å². The first kappa shape index (κ1) is 11.0. The minimum Gasteiger partial charge on any atom is -0.497 e. The van der Waals surface area contributed by atoms with Crippen LogP contribution in [0.25, 0.3) is 0 Å². The largest absolute Gasteiger partial charge is 0.497 e. The normalized spacial score (nSPS) is 15.6. The molecule has 1 heterocycles. The molecule has 0 radical (unpaired) electrons. The molecule has 0 aromatic heterocycles. The number of carbonyl (C=O) groups is 1. The number of rotatable bonds is 4. The molecule has 1 saturated heterocycles. The molecule has 1 aliphatic heterocycles. The summed E-state index contributed by atoms with van der Waals surface area (Å²) in [5.74, 6) is 1.18. The van der Waals surface area contributed by atoms with E-state index in [1.54, 1.807) is 7.11 Å². The number of benzene rings is 1. The Morgan fingerprint density at radius 2 is 2.06 bits per heavy atom. The molecule has 0 atom stereocenters. The van der Waals surface area contributed by atoms with Crippen LogP contribution in [0.3, 0.4) is 0 Å². The van der Waals surface area contributed by atoms with Crippen molar-refractivity contribution >= 4 is 5.91 Å². The van der Waals surface area contributed by atoms with Gasteiger partial charge in [0.05, 0.1) is 7.11 Å². The number of carbonyl (C=O) groups excluding carboxylic acids is 1. The van der Waals surface area contributed by atoms with Crippen LogP contribution in [-0.4, -0.2) is 31.0 Å². The third-order valence-electron chi connectivity index (χ3n) is 3.00. The SMILES string of the molecule is COc1ccc(CCN2CCCC2=O)cc1. The summed E-state index contributed by atoms with van der Waals surface area (Å²) in [4.78, 5) is 13.4. The van der Waals surface area contributed by atoms with E-state index < -0.39 is 0 Å². The van der Waals surface area contributed by atoms with Crippen molar-refractivity contribution in [1.29, 1.82) is 0 Å². The second-order valence-electron chi connectivity index (χ2n) is 4.08. The van der Waals surface area contributed by atoms with Gasteiger partial charge in [0.1, 0.15) is 5.75 Å². The first-order valence-corrected chi connectivity index (χ1v) is 5.70. The van der Waals surface area contributed by atoms with E-state index in [2.05, 4.69) is 12.1 Å². The molecule has 1 fully saturated rings. The Balaban J connectivity index is 1.86. The summed E-state index contributed by atoms with van der Waals surface area (Å²) in [7, 11) is 1.66. The molecule has 0 unspecified atom stereocenters. The van der Waals surface area contributed by atoms with Crippen LogP contribution >= 0.6 is 0 Å². The minimum atomic E-state index is 0.300. The van der Waals surface area contributed by atoms with E-state index in [9.17, 15) is 4.79 Å². The topological polar surface area (TPSA) is 29.5 Å². The summed E-state index contributed by atoms with van der Waals surface area (Å²) in [5.41, 5.74) is 1.25. The predicted octanol–water partition coefficient (Wildman–Crippen LogP) is 1.86. The number of likely N-dealkylation sites (tertiary alicyclic amines) is 1. The molecule has 86 valence electrons. The van der Waals surface area contributed by atoms with Crippen LogP contribution in [0.15, 0.2) is 24.3 Å². The van der Waals surface area contributed by atoms with Crippen LogP contribution in [0.4, 0.5) is 0 Å². The molecule has 0 N–H and O–H groups in total. The summed E-state index contributed by atoms with van der Waals surface area (Å²) < 4.78 is 5.10. The van der Waals surface area contributed by atoms with Gasteiger partial charge in [-0.2, -0.15) is 0 Å². The van der Waals surface area contributed by atoms with Crippen molar-refractivity contribution < 1.29 is 9.53 Å². The van der Waals surface area contributed by atoms with Crippen molar-refractivity contribution in [3.63, 3.8) is 0 Å². The van der Waals surface area contributed by atoms with E-state index >= 15 is 0 Å². The molecule has 1 amide bonds. The summed E-state index contributed by atoms with van der Waals surface area (Å²) in [5, 5.41) is 0. The predicted molar refractivity (Wildman–Crippen MR) is 62.5 cm³/mol. The van der Waals surface area contributed by atoms with Crippen LogP contribution in [-0.2, 0) is 11.2 Å². The highest BCUT2D eigenvalue weighted by Crippen LogP contribution is 2.14. The summed E-state index contributed by atoms with van der Waals surface area (Å²) in [6.07, 6.45) is 2.67. The van der Waals surface area contributed by atoms with Crippen LogP contribution in [0.2, 0.25) is 0 Å². The zero-order valence-corrected chi connectivity index (χ0v) is 9.61. The number of hydrogen-bond donors (Lipinski definition) is 0. The summed E-state index contributed by atoms with van der Waals surface area (Å²) in [6.45, 7) is 1.76. The highest BCUT2D eigenvalue weighted by atomic mass is 16.5. The van der Waals surface area contributed by atoms with Gasteiger partial charge in [-0.25, -0.2) is 0 Å². The lowest BCUT2D eigenvalue weighted by Gasteiger charge is -2.15. The molecular weight excluding hydrogens is 202 g/mol. The van der Waals surface area contributed by atoms with E-state index in [0.29, 0.717) is 5.91 Å². The van der Waals surface area contributed by atoms with Crippen LogP contribution in [0, 0.1) is 0 Å². The van der Waals surface area contributed by atoms with Crippen molar-refractivity contribution in [3.05, 3.63) is 29.8 Å². The van der Waals surface area contributed by atoms with Crippen LogP contribution < -0.4 is 4.74 Å². The molecular formula is C13H17NO2. The molecule has 1 aromatic rings. The molecule has 0 aliphatic carbocycles. The average Bonchev–Trinajstić information content (AvgIpc) is 2.73. The minimum absolute atomic E-state index is 0.300. The maximum Gasteiger partial charge on any atom is 0.222 e. The Hall–Kier alpha value is -1.51. The van der Waals surface area contributed by atoms with Gasteiger partial charge in [0, 0.05) is 19.5 Å². The molecule has 3 heteroatoms. The lowest BCUT2D eigenvalue weighted by molar-refractivity contribution is -0.127. The molecule has 0 spiro atoms. The Bertz CT molecular complexity index is 359. The van der Waals surface area contributed by atoms with E-state index in [1.807, 2.05) is 17.0 Å². The van der Waals surface area contributed by atoms with Gasteiger partial charge in [-0.3, -0.25) is 4.79 Å². The number of hydrogen-bond acceptors (Lipinski definition) is 2. The van der Waals surface area contributed by atoms with Crippen LogP contribution in [0.5, 0.6) is 5.75 Å². The van der Waals surface area contributed by atoms with E-state index in [1.165, 1.54) is 5.56 Å². The van der Waals surface area contributed by atoms with Gasteiger partial charge in [-0.15, -0.1) is 0 Å². The number of methoxy groups -OCH3 is 1. The second-order valence-corrected chi connectivity index (χ2v) is 4.08. The van der Waals surface area contributed by atoms with Crippen LogP contribution in [0.1, 0.15) is 18.4 Å². The fourth-order valence-electron chi connectivity index (χ4n) is 2.00. The smallest absolute Gasteiger partial charge is 0.222 e. The highest BCUT2D eigenvalue weighted by Gasteiger charge is 2.19. The fourth-order valence-corrected chi connectivity index (χ4v) is 2.00. The quantitative estimate of drug-likeness (QED) is 0.773. The summed E-state index contributed by atoms with van der Waals surface area (Å²) >= 11 is 0. The van der Waals surface area contributed by atoms with Gasteiger partial charge in [-0.05, 0) is 30.5 Å². The standard InChI is InChI=1S/C13H17NO2/c1-16-12-6-4-11(5-7-12)8-10-14-9-2-3-13(14)15/h4-7H,2-3,8-10H2,1H3. The van der Waals surface area contributed by atoms with E-state index in [-0.39, 0.29) is 0 Å². The van der Waals surface area contributed by atoms with Gasteiger partial charge in [0.25, 0.3) is 0 Å². The molecule has 1 aromatic carbocycles. The van der Waals surface area contributed by atoms with Gasteiger partial charge in [-0.1, -0.05) is 12.1 Å². The molecule has 16 heavy (non-hydrogen) atoms. The third-order valence-corrected chi connectivity index (χ3v) is 3.00. The lowest BCUT2D eigenvalue weighted by Crippen LogP contribution is -2.26. The summed E-state index contributed by atoms with van der Waals surface area (Å²) in [6, 6.07) is 8.03. The molecule has 0 saturated carbocycles. The Labute approximate surface area is 96.0 Å². The molecule has 2 rings (SSSR count). The molecule has 3 nitrogen and oxygen atoms in total. The molecule has 0 bridgehead atoms.